The van der Waals surface area contributed by atoms with Crippen molar-refractivity contribution >= 4 is 0 Å². The van der Waals surface area contributed by atoms with Crippen LogP contribution < -0.4 is 10.6 Å². The number of nitrogens with one attached hydrogen (secondary N) is 2. The first kappa shape index (κ1) is 12.1. The number of hydrogen-bond donors (Lipinski definition) is 2. The number of hydrogen-bond acceptors (Lipinski definition) is 2. The van der Waals surface area contributed by atoms with Gasteiger partial charge in [-0.2, -0.15) is 0 Å². The van der Waals surface area contributed by atoms with Gasteiger partial charge in [0.1, 0.15) is 0 Å². The molecule has 59 valence electrons. The molecule has 0 unspecified atom stereocenters. The van der Waals surface area contributed by atoms with Gasteiger partial charge in [-0.25, -0.2) is 0 Å². The van der Waals surface area contributed by atoms with E-state index in [0.29, 0.717) is 0 Å². The van der Waals surface area contributed by atoms with Gasteiger partial charge < -0.3 is 10.6 Å². The van der Waals surface area contributed by atoms with Crippen molar-refractivity contribution in [2.75, 3.05) is 26.2 Å². The minimum absolute atomic E-state index is 0. The molecule has 9 heavy (non-hydrogen) atoms. The fraction of sp³-hybridized carbons (Fsp3) is 1.00. The molecule has 2 N–H and O–H groups in total. The van der Waals surface area contributed by atoms with E-state index in [1.54, 1.807) is 0 Å². The molecule has 0 aromatic heterocycles. The average Bonchev–Trinajstić information content (AvgIpc) is 1.81. The zero-order chi connectivity index (χ0) is 6.24. The van der Waals surface area contributed by atoms with E-state index in [1.807, 2.05) is 0 Å². The number of likely N-dealkylation sites (N-methyl/N-ethyl adjacent to an activating group) is 2. The van der Waals surface area contributed by atoms with Crippen LogP contribution in [-0.2, 0) is 17.1 Å². The molecular formula is C6H16CuN2+2. The molecule has 0 amide bonds. The van der Waals surface area contributed by atoms with Crippen LogP contribution in [0.25, 0.3) is 0 Å². The van der Waals surface area contributed by atoms with Crippen molar-refractivity contribution in [3.63, 3.8) is 0 Å². The van der Waals surface area contributed by atoms with Crippen LogP contribution in [0.5, 0.6) is 0 Å². The van der Waals surface area contributed by atoms with Crippen LogP contribution >= 0.6 is 0 Å². The quantitative estimate of drug-likeness (QED) is 0.466. The Balaban J connectivity index is 0. The van der Waals surface area contributed by atoms with Crippen molar-refractivity contribution in [2.24, 2.45) is 0 Å². The Kier molecular flexibility index (Phi) is 15.2. The first-order valence-electron chi connectivity index (χ1n) is 3.33. The second-order valence-corrected chi connectivity index (χ2v) is 1.71. The van der Waals surface area contributed by atoms with E-state index < -0.39 is 0 Å². The average molecular weight is 180 g/mol. The molecule has 1 radical (unpaired) electrons. The summed E-state index contributed by atoms with van der Waals surface area (Å²) in [6.45, 7) is 8.56. The van der Waals surface area contributed by atoms with Crippen LogP contribution in [0.4, 0.5) is 0 Å². The van der Waals surface area contributed by atoms with Gasteiger partial charge in [0.05, 0.1) is 0 Å². The maximum Gasteiger partial charge on any atom is 2.00 e. The van der Waals surface area contributed by atoms with Crippen LogP contribution in [0.2, 0.25) is 0 Å². The Morgan fingerprint density at radius 1 is 0.889 bits per heavy atom. The molecule has 0 heterocycles. The van der Waals surface area contributed by atoms with Gasteiger partial charge >= 0.3 is 17.1 Å². The molecule has 0 aliphatic carbocycles. The second kappa shape index (κ2) is 11.3. The predicted octanol–water partition coefficient (Wildman–Crippen LogP) is 0.203. The maximum absolute atomic E-state index is 3.22. The first-order valence-corrected chi connectivity index (χ1v) is 3.33. The zero-order valence-electron chi connectivity index (χ0n) is 6.13. The SMILES string of the molecule is CCNCCNCC.[Cu+2]. The standard InChI is InChI=1S/C6H16N2.Cu/c1-3-7-5-6-8-4-2;/h7-8H,3-6H2,1-2H3;/q;+2. The third-order valence-electron chi connectivity index (χ3n) is 0.979. The summed E-state index contributed by atoms with van der Waals surface area (Å²) in [6, 6.07) is 0. The Morgan fingerprint density at radius 2 is 1.22 bits per heavy atom. The normalized spacial score (nSPS) is 8.67. The molecule has 0 saturated carbocycles. The van der Waals surface area contributed by atoms with E-state index in [4.69, 9.17) is 0 Å². The summed E-state index contributed by atoms with van der Waals surface area (Å²) in [6.07, 6.45) is 0. The summed E-state index contributed by atoms with van der Waals surface area (Å²) in [7, 11) is 0. The largest absolute Gasteiger partial charge is 2.00 e. The summed E-state index contributed by atoms with van der Waals surface area (Å²) < 4.78 is 0. The van der Waals surface area contributed by atoms with E-state index in [1.165, 1.54) is 0 Å². The van der Waals surface area contributed by atoms with Crippen LogP contribution in [-0.4, -0.2) is 26.2 Å². The summed E-state index contributed by atoms with van der Waals surface area (Å²) in [5.41, 5.74) is 0. The van der Waals surface area contributed by atoms with Crippen LogP contribution in [0.3, 0.4) is 0 Å². The molecule has 0 fully saturated rings. The molecule has 0 saturated heterocycles. The molecule has 3 heteroatoms. The number of rotatable bonds is 5. The summed E-state index contributed by atoms with van der Waals surface area (Å²) in [5.74, 6) is 0. The fourth-order valence-electron chi connectivity index (χ4n) is 0.530. The monoisotopic (exact) mass is 179 g/mol. The Labute approximate surface area is 68.3 Å². The molecule has 0 aromatic carbocycles. The molecular weight excluding hydrogens is 164 g/mol. The van der Waals surface area contributed by atoms with Gasteiger partial charge in [0, 0.05) is 13.1 Å². The minimum atomic E-state index is 0. The van der Waals surface area contributed by atoms with Gasteiger partial charge in [-0.05, 0) is 13.1 Å². The third-order valence-corrected chi connectivity index (χ3v) is 0.979. The van der Waals surface area contributed by atoms with Crippen molar-refractivity contribution in [1.82, 2.24) is 10.6 Å². The van der Waals surface area contributed by atoms with Crippen LogP contribution in [0.1, 0.15) is 13.8 Å². The molecule has 0 aromatic rings. The van der Waals surface area contributed by atoms with Gasteiger partial charge in [0.15, 0.2) is 0 Å². The van der Waals surface area contributed by atoms with E-state index >= 15 is 0 Å². The molecule has 0 rings (SSSR count). The second-order valence-electron chi connectivity index (χ2n) is 1.71. The van der Waals surface area contributed by atoms with Gasteiger partial charge in [-0.1, -0.05) is 13.8 Å². The molecule has 0 atom stereocenters. The Morgan fingerprint density at radius 3 is 1.44 bits per heavy atom. The van der Waals surface area contributed by atoms with E-state index in [2.05, 4.69) is 24.5 Å². The van der Waals surface area contributed by atoms with E-state index in [9.17, 15) is 0 Å². The van der Waals surface area contributed by atoms with E-state index in [-0.39, 0.29) is 17.1 Å². The van der Waals surface area contributed by atoms with Crippen molar-refractivity contribution in [3.05, 3.63) is 0 Å². The first-order chi connectivity index (χ1) is 3.91. The minimum Gasteiger partial charge on any atom is -0.316 e. The van der Waals surface area contributed by atoms with E-state index in [0.717, 1.165) is 26.2 Å². The zero-order valence-corrected chi connectivity index (χ0v) is 7.07. The van der Waals surface area contributed by atoms with Gasteiger partial charge in [-0.3, -0.25) is 0 Å². The summed E-state index contributed by atoms with van der Waals surface area (Å²) in [4.78, 5) is 0. The van der Waals surface area contributed by atoms with Gasteiger partial charge in [0.2, 0.25) is 0 Å². The molecule has 2 nitrogen and oxygen atoms in total. The van der Waals surface area contributed by atoms with Crippen molar-refractivity contribution in [2.45, 2.75) is 13.8 Å². The van der Waals surface area contributed by atoms with Crippen LogP contribution in [0.15, 0.2) is 0 Å². The molecule has 0 aliphatic heterocycles. The predicted molar refractivity (Wildman–Crippen MR) is 37.1 cm³/mol. The molecule has 0 spiro atoms. The third kappa shape index (κ3) is 11.8. The van der Waals surface area contributed by atoms with Gasteiger partial charge in [0.25, 0.3) is 0 Å². The van der Waals surface area contributed by atoms with Crippen molar-refractivity contribution < 1.29 is 17.1 Å². The molecule has 0 bridgehead atoms. The van der Waals surface area contributed by atoms with Crippen molar-refractivity contribution in [3.8, 4) is 0 Å². The molecule has 0 aliphatic rings. The van der Waals surface area contributed by atoms with Crippen molar-refractivity contribution in [1.29, 1.82) is 0 Å². The Bertz CT molecular complexity index is 36.0. The Hall–Kier alpha value is 0.439. The topological polar surface area (TPSA) is 24.1 Å². The maximum atomic E-state index is 3.22. The summed E-state index contributed by atoms with van der Waals surface area (Å²) in [5, 5.41) is 6.44. The fourth-order valence-corrected chi connectivity index (χ4v) is 0.530. The summed E-state index contributed by atoms with van der Waals surface area (Å²) >= 11 is 0. The smallest absolute Gasteiger partial charge is 0.316 e. The van der Waals surface area contributed by atoms with Gasteiger partial charge in [-0.15, -0.1) is 0 Å². The van der Waals surface area contributed by atoms with Crippen LogP contribution in [0, 0.1) is 0 Å².